The van der Waals surface area contributed by atoms with E-state index in [1.54, 1.807) is 6.08 Å². The molecule has 29 heavy (non-hydrogen) atoms. The molecule has 1 saturated heterocycles. The highest BCUT2D eigenvalue weighted by Crippen LogP contribution is 2.26. The number of halogens is 1. The van der Waals surface area contributed by atoms with Crippen LogP contribution in [0.3, 0.4) is 0 Å². The third-order valence-electron chi connectivity index (χ3n) is 5.21. The molecule has 2 aliphatic rings. The topological polar surface area (TPSA) is 114 Å². The van der Waals surface area contributed by atoms with Crippen molar-refractivity contribution in [2.75, 3.05) is 19.6 Å². The van der Waals surface area contributed by atoms with Crippen molar-refractivity contribution in [3.63, 3.8) is 0 Å². The monoisotopic (exact) mass is 420 g/mol. The minimum Gasteiger partial charge on any atom is -0.326 e. The van der Waals surface area contributed by atoms with Gasteiger partial charge in [0.2, 0.25) is 5.91 Å². The Balaban J connectivity index is 1.62. The van der Waals surface area contributed by atoms with Gasteiger partial charge in [-0.2, -0.15) is 5.26 Å². The number of nitriles is 1. The highest BCUT2D eigenvalue weighted by atomic mass is 32.2. The zero-order valence-electron chi connectivity index (χ0n) is 15.8. The van der Waals surface area contributed by atoms with E-state index in [0.29, 0.717) is 30.5 Å². The van der Waals surface area contributed by atoms with Crippen LogP contribution in [-0.4, -0.2) is 62.2 Å². The maximum absolute atomic E-state index is 14.3. The number of carbonyl (C=O) groups is 2. The molecule has 0 saturated carbocycles. The van der Waals surface area contributed by atoms with Gasteiger partial charge in [0.1, 0.15) is 18.4 Å². The molecule has 3 rings (SSSR count). The first kappa shape index (κ1) is 21.0. The number of rotatable bonds is 4. The third kappa shape index (κ3) is 4.46. The lowest BCUT2D eigenvalue weighted by Gasteiger charge is -2.28. The van der Waals surface area contributed by atoms with Crippen LogP contribution in [0.25, 0.3) is 5.57 Å². The lowest BCUT2D eigenvalue weighted by atomic mass is 9.99. The second-order valence-electron chi connectivity index (χ2n) is 7.03. The van der Waals surface area contributed by atoms with Crippen molar-refractivity contribution in [3.05, 3.63) is 35.7 Å². The highest BCUT2D eigenvalue weighted by Gasteiger charge is 2.38. The van der Waals surface area contributed by atoms with Gasteiger partial charge in [-0.05, 0) is 37.5 Å². The molecule has 0 radical (unpaired) electrons. The predicted molar refractivity (Wildman–Crippen MR) is 103 cm³/mol. The van der Waals surface area contributed by atoms with E-state index in [1.165, 1.54) is 21.9 Å². The van der Waals surface area contributed by atoms with Gasteiger partial charge in [0.15, 0.2) is 11.1 Å². The summed E-state index contributed by atoms with van der Waals surface area (Å²) in [6.07, 6.45) is 2.60. The van der Waals surface area contributed by atoms with Crippen molar-refractivity contribution < 1.29 is 22.7 Å². The standard InChI is InChI=1S/C19H21FN4O4S/c1-12-10-17(18(25)24(12)9-6-21)22-19(26)23-7-4-13(5-8-23)15-3-2-14(29(27)28)11-16(15)20/h2-4,11-12,17H,5,7-10H2,1H3,(H,22,26)(H,27,28)/t12?,17-/m0/s1. The quantitative estimate of drug-likeness (QED) is 0.569. The van der Waals surface area contributed by atoms with Crippen LogP contribution in [0.1, 0.15) is 25.3 Å². The minimum atomic E-state index is -2.25. The fourth-order valence-corrected chi connectivity index (χ4v) is 4.01. The molecule has 154 valence electrons. The summed E-state index contributed by atoms with van der Waals surface area (Å²) >= 11 is -2.25. The van der Waals surface area contributed by atoms with Gasteiger partial charge in [-0.15, -0.1) is 0 Å². The first-order valence-electron chi connectivity index (χ1n) is 9.14. The second-order valence-corrected chi connectivity index (χ2v) is 8.00. The van der Waals surface area contributed by atoms with Crippen LogP contribution in [0.15, 0.2) is 29.2 Å². The molecule has 2 aliphatic heterocycles. The SMILES string of the molecule is CC1C[C@H](NC(=O)N2CC=C(c3ccc(S(=O)O)cc3F)CC2)C(=O)N1CC#N. The Morgan fingerprint density at radius 1 is 1.48 bits per heavy atom. The third-order valence-corrected chi connectivity index (χ3v) is 5.87. The van der Waals surface area contributed by atoms with Crippen molar-refractivity contribution in [2.24, 2.45) is 0 Å². The molecule has 2 unspecified atom stereocenters. The molecule has 1 aromatic rings. The molecular formula is C19H21FN4O4S. The van der Waals surface area contributed by atoms with Crippen molar-refractivity contribution in [1.29, 1.82) is 5.26 Å². The number of hydrogen-bond acceptors (Lipinski definition) is 4. The number of likely N-dealkylation sites (tertiary alicyclic amines) is 1. The van der Waals surface area contributed by atoms with E-state index < -0.39 is 22.9 Å². The van der Waals surface area contributed by atoms with E-state index in [0.717, 1.165) is 6.07 Å². The van der Waals surface area contributed by atoms with Crippen LogP contribution in [-0.2, 0) is 15.9 Å². The van der Waals surface area contributed by atoms with Gasteiger partial charge in [-0.3, -0.25) is 4.79 Å². The Labute approximate surface area is 170 Å². The zero-order chi connectivity index (χ0) is 21.1. The van der Waals surface area contributed by atoms with Crippen LogP contribution < -0.4 is 5.32 Å². The van der Waals surface area contributed by atoms with Gasteiger partial charge in [-0.1, -0.05) is 12.1 Å². The van der Waals surface area contributed by atoms with Crippen LogP contribution in [0, 0.1) is 17.1 Å². The molecular weight excluding hydrogens is 399 g/mol. The Kier molecular flexibility index (Phi) is 6.30. The average molecular weight is 420 g/mol. The van der Waals surface area contributed by atoms with Gasteiger partial charge in [0.25, 0.3) is 0 Å². The summed E-state index contributed by atoms with van der Waals surface area (Å²) in [5, 5.41) is 11.5. The fourth-order valence-electron chi connectivity index (χ4n) is 3.62. The normalized spacial score (nSPS) is 22.8. The van der Waals surface area contributed by atoms with Gasteiger partial charge in [0.05, 0.1) is 11.0 Å². The molecule has 10 heteroatoms. The van der Waals surface area contributed by atoms with Crippen molar-refractivity contribution in [2.45, 2.75) is 36.7 Å². The van der Waals surface area contributed by atoms with E-state index in [-0.39, 0.29) is 36.0 Å². The number of benzene rings is 1. The largest absolute Gasteiger partial charge is 0.326 e. The number of nitrogens with one attached hydrogen (secondary N) is 1. The first-order valence-corrected chi connectivity index (χ1v) is 10.2. The number of nitrogens with zero attached hydrogens (tertiary/aromatic N) is 3. The smallest absolute Gasteiger partial charge is 0.318 e. The Bertz CT molecular complexity index is 929. The van der Waals surface area contributed by atoms with Gasteiger partial charge in [-0.25, -0.2) is 13.4 Å². The summed E-state index contributed by atoms with van der Waals surface area (Å²) in [5.41, 5.74) is 1.05. The predicted octanol–water partition coefficient (Wildman–Crippen LogP) is 1.72. The average Bonchev–Trinajstić information content (AvgIpc) is 2.95. The Morgan fingerprint density at radius 3 is 2.83 bits per heavy atom. The van der Waals surface area contributed by atoms with Crippen molar-refractivity contribution in [3.8, 4) is 6.07 Å². The second kappa shape index (κ2) is 8.71. The summed E-state index contributed by atoms with van der Waals surface area (Å²) in [6, 6.07) is 4.70. The lowest BCUT2D eigenvalue weighted by Crippen LogP contribution is -2.49. The molecule has 0 aliphatic carbocycles. The molecule has 3 atom stereocenters. The van der Waals surface area contributed by atoms with Crippen LogP contribution in [0.5, 0.6) is 0 Å². The van der Waals surface area contributed by atoms with Crippen LogP contribution in [0.4, 0.5) is 9.18 Å². The summed E-state index contributed by atoms with van der Waals surface area (Å²) in [5.74, 6) is -0.846. The van der Waals surface area contributed by atoms with Crippen LogP contribution in [0.2, 0.25) is 0 Å². The number of hydrogen-bond donors (Lipinski definition) is 2. The van der Waals surface area contributed by atoms with E-state index in [1.807, 2.05) is 13.0 Å². The number of amides is 3. The van der Waals surface area contributed by atoms with Gasteiger partial charge < -0.3 is 19.7 Å². The van der Waals surface area contributed by atoms with Crippen molar-refractivity contribution >= 4 is 28.6 Å². The molecule has 3 amide bonds. The minimum absolute atomic E-state index is 0.00357. The molecule has 2 heterocycles. The van der Waals surface area contributed by atoms with Gasteiger partial charge in [0, 0.05) is 24.7 Å². The molecule has 0 aromatic heterocycles. The maximum atomic E-state index is 14.3. The highest BCUT2D eigenvalue weighted by molar-refractivity contribution is 7.79. The number of urea groups is 1. The molecule has 8 nitrogen and oxygen atoms in total. The molecule has 0 spiro atoms. The number of carbonyl (C=O) groups excluding carboxylic acids is 2. The van der Waals surface area contributed by atoms with Crippen LogP contribution >= 0.6 is 0 Å². The Hall–Kier alpha value is -2.77. The van der Waals surface area contributed by atoms with E-state index in [2.05, 4.69) is 5.32 Å². The molecule has 1 fully saturated rings. The van der Waals surface area contributed by atoms with E-state index in [4.69, 9.17) is 9.81 Å². The van der Waals surface area contributed by atoms with Gasteiger partial charge >= 0.3 is 6.03 Å². The maximum Gasteiger partial charge on any atom is 0.318 e. The van der Waals surface area contributed by atoms with E-state index in [9.17, 15) is 18.2 Å². The zero-order valence-corrected chi connectivity index (χ0v) is 16.6. The summed E-state index contributed by atoms with van der Waals surface area (Å²) in [4.78, 5) is 27.8. The van der Waals surface area contributed by atoms with Crippen molar-refractivity contribution in [1.82, 2.24) is 15.1 Å². The Morgan fingerprint density at radius 2 is 2.24 bits per heavy atom. The molecule has 2 N–H and O–H groups in total. The molecule has 1 aromatic carbocycles. The molecule has 0 bridgehead atoms. The van der Waals surface area contributed by atoms with E-state index >= 15 is 0 Å². The fraction of sp³-hybridized carbons (Fsp3) is 0.421. The first-order chi connectivity index (χ1) is 13.8. The summed E-state index contributed by atoms with van der Waals surface area (Å²) in [7, 11) is 0. The summed E-state index contributed by atoms with van der Waals surface area (Å²) < 4.78 is 34.3. The lowest BCUT2D eigenvalue weighted by molar-refractivity contribution is -0.129. The summed E-state index contributed by atoms with van der Waals surface area (Å²) in [6.45, 7) is 2.44.